The van der Waals surface area contributed by atoms with Crippen LogP contribution in [0.5, 0.6) is 5.75 Å². The van der Waals surface area contributed by atoms with Crippen molar-refractivity contribution in [1.82, 2.24) is 4.98 Å². The number of benzene rings is 1. The van der Waals surface area contributed by atoms with Crippen LogP contribution in [0, 0.1) is 0 Å². The highest BCUT2D eigenvalue weighted by Crippen LogP contribution is 2.27. The first-order chi connectivity index (χ1) is 7.83. The van der Waals surface area contributed by atoms with E-state index >= 15 is 0 Å². The van der Waals surface area contributed by atoms with Crippen LogP contribution in [0.2, 0.25) is 0 Å². The summed E-state index contributed by atoms with van der Waals surface area (Å²) in [5, 5.41) is 9.80. The highest BCUT2D eigenvalue weighted by Gasteiger charge is 2.05. The van der Waals surface area contributed by atoms with Gasteiger partial charge in [-0.25, -0.2) is 4.98 Å². The van der Waals surface area contributed by atoms with Crippen LogP contribution in [0.25, 0.3) is 10.6 Å². The summed E-state index contributed by atoms with van der Waals surface area (Å²) in [6, 6.07) is 7.82. The molecule has 0 saturated carbocycles. The number of nitrogens with zero attached hydrogens (tertiary/aromatic N) is 1. The molecule has 2 rings (SSSR count). The Morgan fingerprint density at radius 1 is 1.44 bits per heavy atom. The lowest BCUT2D eigenvalue weighted by molar-refractivity contribution is 0.300. The minimum atomic E-state index is 0.166. The Kier molecular flexibility index (Phi) is 3.54. The molecule has 0 unspecified atom stereocenters. The van der Waals surface area contributed by atoms with Crippen molar-refractivity contribution in [2.75, 3.05) is 13.7 Å². The molecule has 0 bridgehead atoms. The molecule has 0 aliphatic carbocycles. The first kappa shape index (κ1) is 11.1. The van der Waals surface area contributed by atoms with Gasteiger partial charge in [-0.1, -0.05) is 12.1 Å². The quantitative estimate of drug-likeness (QED) is 0.884. The third-order valence-corrected chi connectivity index (χ3v) is 3.33. The van der Waals surface area contributed by atoms with Gasteiger partial charge in [-0.2, -0.15) is 0 Å². The lowest BCUT2D eigenvalue weighted by atomic mass is 10.2. The maximum absolute atomic E-state index is 8.84. The summed E-state index contributed by atoms with van der Waals surface area (Å²) in [6.45, 7) is 0.166. The summed E-state index contributed by atoms with van der Waals surface area (Å²) in [7, 11) is 1.65. The lowest BCUT2D eigenvalue weighted by Crippen LogP contribution is -1.84. The molecule has 1 N–H and O–H groups in total. The Morgan fingerprint density at radius 3 is 3.06 bits per heavy atom. The first-order valence-electron chi connectivity index (χ1n) is 5.03. The molecule has 0 atom stereocenters. The van der Waals surface area contributed by atoms with Crippen molar-refractivity contribution in [2.24, 2.45) is 0 Å². The predicted molar refractivity (Wildman–Crippen MR) is 64.9 cm³/mol. The number of aliphatic hydroxyl groups is 1. The number of rotatable bonds is 4. The van der Waals surface area contributed by atoms with Gasteiger partial charge in [0.05, 0.1) is 7.11 Å². The van der Waals surface area contributed by atoms with Crippen molar-refractivity contribution >= 4 is 11.3 Å². The summed E-state index contributed by atoms with van der Waals surface area (Å²) in [6.07, 6.45) is 2.48. The van der Waals surface area contributed by atoms with Crippen molar-refractivity contribution in [3.8, 4) is 16.3 Å². The third kappa shape index (κ3) is 2.40. The van der Waals surface area contributed by atoms with E-state index in [0.29, 0.717) is 6.42 Å². The number of hydrogen-bond acceptors (Lipinski definition) is 4. The number of aromatic nitrogens is 1. The fraction of sp³-hybridized carbons (Fsp3) is 0.250. The van der Waals surface area contributed by atoms with Gasteiger partial charge >= 0.3 is 0 Å². The molecule has 0 amide bonds. The summed E-state index contributed by atoms with van der Waals surface area (Å²) in [4.78, 5) is 5.43. The van der Waals surface area contributed by atoms with E-state index in [1.165, 1.54) is 0 Å². The molecule has 16 heavy (non-hydrogen) atoms. The molecule has 0 spiro atoms. The van der Waals surface area contributed by atoms with Gasteiger partial charge in [0.15, 0.2) is 0 Å². The number of hydrogen-bond donors (Lipinski definition) is 1. The molecular formula is C12H13NO2S. The van der Waals surface area contributed by atoms with E-state index in [2.05, 4.69) is 4.98 Å². The van der Waals surface area contributed by atoms with Crippen LogP contribution in [0.4, 0.5) is 0 Å². The molecule has 4 heteroatoms. The molecule has 84 valence electrons. The number of ether oxygens (including phenoxy) is 1. The second kappa shape index (κ2) is 5.09. The normalized spacial score (nSPS) is 10.4. The van der Waals surface area contributed by atoms with Gasteiger partial charge in [-0.05, 0) is 12.1 Å². The molecule has 0 fully saturated rings. The van der Waals surface area contributed by atoms with Crippen molar-refractivity contribution < 1.29 is 9.84 Å². The summed E-state index contributed by atoms with van der Waals surface area (Å²) >= 11 is 1.60. The number of aliphatic hydroxyl groups excluding tert-OH is 1. The zero-order chi connectivity index (χ0) is 11.4. The molecular weight excluding hydrogens is 222 g/mol. The standard InChI is InChI=1S/C12H13NO2S/c1-15-10-4-2-3-9(7-10)12-13-8-11(16-12)5-6-14/h2-4,7-8,14H,5-6H2,1H3. The van der Waals surface area contributed by atoms with Gasteiger partial charge in [-0.15, -0.1) is 11.3 Å². The molecule has 0 saturated heterocycles. The lowest BCUT2D eigenvalue weighted by Gasteiger charge is -2.00. The minimum Gasteiger partial charge on any atom is -0.497 e. The van der Waals surface area contributed by atoms with Crippen LogP contribution >= 0.6 is 11.3 Å². The Hall–Kier alpha value is -1.39. The van der Waals surface area contributed by atoms with Crippen molar-refractivity contribution in [2.45, 2.75) is 6.42 Å². The Morgan fingerprint density at radius 2 is 2.31 bits per heavy atom. The smallest absolute Gasteiger partial charge is 0.123 e. The van der Waals surface area contributed by atoms with Crippen molar-refractivity contribution in [1.29, 1.82) is 0 Å². The summed E-state index contributed by atoms with van der Waals surface area (Å²) in [5.74, 6) is 0.830. The first-order valence-corrected chi connectivity index (χ1v) is 5.85. The molecule has 1 heterocycles. The molecule has 3 nitrogen and oxygen atoms in total. The Bertz CT molecular complexity index is 468. The van der Waals surface area contributed by atoms with Crippen molar-refractivity contribution in [3.63, 3.8) is 0 Å². The summed E-state index contributed by atoms with van der Waals surface area (Å²) < 4.78 is 5.17. The maximum atomic E-state index is 8.84. The Balaban J connectivity index is 2.27. The SMILES string of the molecule is COc1cccc(-c2ncc(CCO)s2)c1. The van der Waals surface area contributed by atoms with E-state index in [4.69, 9.17) is 9.84 Å². The fourth-order valence-electron chi connectivity index (χ4n) is 1.42. The topological polar surface area (TPSA) is 42.4 Å². The second-order valence-corrected chi connectivity index (χ2v) is 4.45. The monoisotopic (exact) mass is 235 g/mol. The second-order valence-electron chi connectivity index (χ2n) is 3.34. The molecule has 1 aromatic carbocycles. The van der Waals surface area contributed by atoms with Gasteiger partial charge in [0, 0.05) is 29.7 Å². The average Bonchev–Trinajstić information content (AvgIpc) is 2.78. The molecule has 0 radical (unpaired) electrons. The highest BCUT2D eigenvalue weighted by molar-refractivity contribution is 7.15. The maximum Gasteiger partial charge on any atom is 0.123 e. The average molecular weight is 235 g/mol. The third-order valence-electron chi connectivity index (χ3n) is 2.23. The van der Waals surface area contributed by atoms with Crippen LogP contribution < -0.4 is 4.74 Å². The van der Waals surface area contributed by atoms with Crippen LogP contribution in [0.3, 0.4) is 0 Å². The van der Waals surface area contributed by atoms with Crippen LogP contribution in [-0.4, -0.2) is 23.8 Å². The van der Waals surface area contributed by atoms with Crippen LogP contribution in [-0.2, 0) is 6.42 Å². The van der Waals surface area contributed by atoms with Gasteiger partial charge < -0.3 is 9.84 Å². The van der Waals surface area contributed by atoms with Gasteiger partial charge in [0.1, 0.15) is 10.8 Å². The van der Waals surface area contributed by atoms with E-state index in [1.807, 2.05) is 30.5 Å². The van der Waals surface area contributed by atoms with E-state index in [0.717, 1.165) is 21.2 Å². The molecule has 0 aliphatic heterocycles. The fourth-order valence-corrected chi connectivity index (χ4v) is 2.32. The molecule has 1 aromatic heterocycles. The van der Waals surface area contributed by atoms with Gasteiger partial charge in [-0.3, -0.25) is 0 Å². The van der Waals surface area contributed by atoms with Crippen LogP contribution in [0.1, 0.15) is 4.88 Å². The largest absolute Gasteiger partial charge is 0.497 e. The van der Waals surface area contributed by atoms with Crippen molar-refractivity contribution in [3.05, 3.63) is 35.3 Å². The van der Waals surface area contributed by atoms with E-state index in [9.17, 15) is 0 Å². The zero-order valence-corrected chi connectivity index (χ0v) is 9.83. The number of thiazole rings is 1. The Labute approximate surface area is 98.4 Å². The number of methoxy groups -OCH3 is 1. The molecule has 0 aliphatic rings. The van der Waals surface area contributed by atoms with E-state index in [-0.39, 0.29) is 6.61 Å². The molecule has 2 aromatic rings. The van der Waals surface area contributed by atoms with E-state index in [1.54, 1.807) is 18.4 Å². The van der Waals surface area contributed by atoms with Gasteiger partial charge in [0.2, 0.25) is 0 Å². The highest BCUT2D eigenvalue weighted by atomic mass is 32.1. The zero-order valence-electron chi connectivity index (χ0n) is 9.01. The minimum absolute atomic E-state index is 0.166. The van der Waals surface area contributed by atoms with Crippen LogP contribution in [0.15, 0.2) is 30.5 Å². The predicted octanol–water partition coefficient (Wildman–Crippen LogP) is 2.35. The summed E-state index contributed by atoms with van der Waals surface area (Å²) in [5.41, 5.74) is 1.05. The van der Waals surface area contributed by atoms with Gasteiger partial charge in [0.25, 0.3) is 0 Å². The van der Waals surface area contributed by atoms with E-state index < -0.39 is 0 Å².